The van der Waals surface area contributed by atoms with Gasteiger partial charge in [0.15, 0.2) is 11.6 Å². The summed E-state index contributed by atoms with van der Waals surface area (Å²) in [5, 5.41) is 18.9. The number of hydrogen-bond donors (Lipinski definition) is 1. The lowest BCUT2D eigenvalue weighted by atomic mass is 10.1. The Hall–Kier alpha value is -2.69. The maximum atomic E-state index is 14.3. The van der Waals surface area contributed by atoms with E-state index in [0.29, 0.717) is 30.8 Å². The normalized spacial score (nSPS) is 17.1. The molecule has 1 fully saturated rings. The Balaban J connectivity index is 1.94. The van der Waals surface area contributed by atoms with Crippen molar-refractivity contribution in [1.82, 2.24) is 4.90 Å². The molecule has 2 atom stereocenters. The van der Waals surface area contributed by atoms with Crippen LogP contribution in [-0.4, -0.2) is 41.1 Å². The maximum Gasteiger partial charge on any atom is 0.251 e. The van der Waals surface area contributed by atoms with Gasteiger partial charge in [-0.3, -0.25) is 4.79 Å². The lowest BCUT2D eigenvalue weighted by Gasteiger charge is -2.32. The zero-order valence-electron chi connectivity index (χ0n) is 15.8. The van der Waals surface area contributed by atoms with Gasteiger partial charge >= 0.3 is 0 Å². The van der Waals surface area contributed by atoms with Gasteiger partial charge in [-0.05, 0) is 37.6 Å². The minimum absolute atomic E-state index is 0.0627. The van der Waals surface area contributed by atoms with Gasteiger partial charge in [0, 0.05) is 36.9 Å². The molecule has 1 amide bonds. The average molecular weight is 420 g/mol. The monoisotopic (exact) mass is 419 g/mol. The lowest BCUT2D eigenvalue weighted by molar-refractivity contribution is -0.138. The van der Waals surface area contributed by atoms with Crippen molar-refractivity contribution < 1.29 is 18.7 Å². The van der Waals surface area contributed by atoms with Gasteiger partial charge in [0.1, 0.15) is 12.2 Å². The highest BCUT2D eigenvalue weighted by Gasteiger charge is 2.32. The van der Waals surface area contributed by atoms with Gasteiger partial charge in [-0.2, -0.15) is 5.26 Å². The van der Waals surface area contributed by atoms with Crippen LogP contribution in [0.5, 0.6) is 0 Å². The number of hydrogen-bond acceptors (Lipinski definition) is 4. The molecule has 1 aliphatic rings. The Labute approximate surface area is 172 Å². The molecule has 0 saturated carbocycles. The van der Waals surface area contributed by atoms with E-state index in [1.54, 1.807) is 23.1 Å². The fourth-order valence-corrected chi connectivity index (χ4v) is 3.74. The van der Waals surface area contributed by atoms with Crippen molar-refractivity contribution in [3.8, 4) is 6.07 Å². The van der Waals surface area contributed by atoms with Gasteiger partial charge < -0.3 is 14.9 Å². The predicted molar refractivity (Wildman–Crippen MR) is 105 cm³/mol. The number of aliphatic hydroxyl groups excluding tert-OH is 1. The molecule has 8 heteroatoms. The molecular formula is C21H20ClF2N3O2. The topological polar surface area (TPSA) is 67.6 Å². The van der Waals surface area contributed by atoms with Crippen LogP contribution in [0, 0.1) is 23.0 Å². The van der Waals surface area contributed by atoms with Crippen LogP contribution in [0.15, 0.2) is 36.4 Å². The van der Waals surface area contributed by atoms with E-state index in [2.05, 4.69) is 0 Å². The highest BCUT2D eigenvalue weighted by Crippen LogP contribution is 2.30. The fourth-order valence-electron chi connectivity index (χ4n) is 3.52. The minimum Gasteiger partial charge on any atom is -0.384 e. The number of nitrogens with zero attached hydrogens (tertiary/aromatic N) is 3. The van der Waals surface area contributed by atoms with Crippen molar-refractivity contribution in [2.24, 2.45) is 0 Å². The Kier molecular flexibility index (Phi) is 6.36. The first-order valence-electron chi connectivity index (χ1n) is 9.18. The Morgan fingerprint density at radius 3 is 2.83 bits per heavy atom. The van der Waals surface area contributed by atoms with Crippen molar-refractivity contribution in [3.63, 3.8) is 0 Å². The number of nitriles is 1. The summed E-state index contributed by atoms with van der Waals surface area (Å²) in [5.74, 6) is -2.23. The zero-order chi connectivity index (χ0) is 21.1. The third-order valence-electron chi connectivity index (χ3n) is 5.05. The number of rotatable bonds is 5. The molecule has 0 unspecified atom stereocenters. The number of anilines is 1. The van der Waals surface area contributed by atoms with E-state index in [4.69, 9.17) is 16.9 Å². The first-order chi connectivity index (χ1) is 13.8. The smallest absolute Gasteiger partial charge is 0.251 e. The third kappa shape index (κ3) is 4.50. The molecule has 1 heterocycles. The molecule has 0 bridgehead atoms. The van der Waals surface area contributed by atoms with Gasteiger partial charge in [0.2, 0.25) is 0 Å². The van der Waals surface area contributed by atoms with Gasteiger partial charge in [0.25, 0.3) is 5.91 Å². The molecule has 0 radical (unpaired) electrons. The molecule has 0 aliphatic carbocycles. The number of amides is 1. The van der Waals surface area contributed by atoms with E-state index >= 15 is 0 Å². The second-order valence-corrected chi connectivity index (χ2v) is 7.43. The molecule has 1 aliphatic heterocycles. The SMILES string of the molecule is C[C@H](O)C(=O)N1CC[C@H](N(Cc2cccc(F)c2F)c2ccc(C#N)c(Cl)c2)C1. The maximum absolute atomic E-state index is 14.3. The summed E-state index contributed by atoms with van der Waals surface area (Å²) in [5.41, 5.74) is 1.12. The number of likely N-dealkylation sites (tertiary alicyclic amines) is 1. The Bertz CT molecular complexity index is 961. The van der Waals surface area contributed by atoms with Gasteiger partial charge in [-0.25, -0.2) is 8.78 Å². The lowest BCUT2D eigenvalue weighted by Crippen LogP contribution is -2.41. The van der Waals surface area contributed by atoms with Crippen LogP contribution in [-0.2, 0) is 11.3 Å². The first kappa shape index (κ1) is 21.0. The van der Waals surface area contributed by atoms with E-state index in [1.165, 1.54) is 19.1 Å². The Morgan fingerprint density at radius 1 is 1.41 bits per heavy atom. The molecular weight excluding hydrogens is 400 g/mol. The molecule has 2 aromatic carbocycles. The van der Waals surface area contributed by atoms with Crippen molar-refractivity contribution in [2.45, 2.75) is 32.0 Å². The number of carbonyl (C=O) groups is 1. The summed E-state index contributed by atoms with van der Waals surface area (Å²) in [4.78, 5) is 15.5. The summed E-state index contributed by atoms with van der Waals surface area (Å²) >= 11 is 6.18. The van der Waals surface area contributed by atoms with Crippen molar-refractivity contribution >= 4 is 23.2 Å². The van der Waals surface area contributed by atoms with Crippen LogP contribution in [0.3, 0.4) is 0 Å². The van der Waals surface area contributed by atoms with Gasteiger partial charge in [0.05, 0.1) is 10.6 Å². The highest BCUT2D eigenvalue weighted by atomic mass is 35.5. The van der Waals surface area contributed by atoms with E-state index in [0.717, 1.165) is 6.07 Å². The quantitative estimate of drug-likeness (QED) is 0.805. The molecule has 5 nitrogen and oxygen atoms in total. The van der Waals surface area contributed by atoms with Crippen LogP contribution < -0.4 is 4.90 Å². The number of aliphatic hydroxyl groups is 1. The van der Waals surface area contributed by atoms with Crippen molar-refractivity contribution in [2.75, 3.05) is 18.0 Å². The molecule has 1 N–H and O–H groups in total. The minimum atomic E-state index is -1.10. The van der Waals surface area contributed by atoms with Crippen LogP contribution in [0.1, 0.15) is 24.5 Å². The second-order valence-electron chi connectivity index (χ2n) is 7.02. The first-order valence-corrected chi connectivity index (χ1v) is 9.55. The number of benzene rings is 2. The summed E-state index contributed by atoms with van der Waals surface area (Å²) < 4.78 is 28.0. The zero-order valence-corrected chi connectivity index (χ0v) is 16.5. The molecule has 0 aromatic heterocycles. The second kappa shape index (κ2) is 8.76. The molecule has 29 heavy (non-hydrogen) atoms. The van der Waals surface area contributed by atoms with Crippen LogP contribution in [0.25, 0.3) is 0 Å². The molecule has 3 rings (SSSR count). The van der Waals surface area contributed by atoms with Crippen molar-refractivity contribution in [3.05, 3.63) is 64.2 Å². The highest BCUT2D eigenvalue weighted by molar-refractivity contribution is 6.32. The van der Waals surface area contributed by atoms with Crippen molar-refractivity contribution in [1.29, 1.82) is 5.26 Å². The average Bonchev–Trinajstić information content (AvgIpc) is 3.18. The van der Waals surface area contributed by atoms with Gasteiger partial charge in [-0.1, -0.05) is 23.7 Å². The Morgan fingerprint density at radius 2 is 2.17 bits per heavy atom. The number of carbonyl (C=O) groups excluding carboxylic acids is 1. The molecule has 2 aromatic rings. The number of halogens is 3. The van der Waals surface area contributed by atoms with E-state index < -0.39 is 17.7 Å². The van der Waals surface area contributed by atoms with Gasteiger partial charge in [-0.15, -0.1) is 0 Å². The standard InChI is InChI=1S/C21H20ClF2N3O2/c1-13(28)21(29)26-8-7-17(12-26)27(11-15-3-2-4-19(23)20(15)24)16-6-5-14(10-25)18(22)9-16/h2-6,9,13,17,28H,7-8,11-12H2,1H3/t13-,17-/m0/s1. The summed E-state index contributed by atoms with van der Waals surface area (Å²) in [6.45, 7) is 2.25. The van der Waals surface area contributed by atoms with E-state index in [-0.39, 0.29) is 29.1 Å². The van der Waals surface area contributed by atoms with Crippen LogP contribution in [0.2, 0.25) is 5.02 Å². The predicted octanol–water partition coefficient (Wildman–Crippen LogP) is 3.48. The van der Waals surface area contributed by atoms with E-state index in [9.17, 15) is 18.7 Å². The summed E-state index contributed by atoms with van der Waals surface area (Å²) in [6.07, 6.45) is -0.514. The van der Waals surface area contributed by atoms with E-state index in [1.807, 2.05) is 11.0 Å². The summed E-state index contributed by atoms with van der Waals surface area (Å²) in [7, 11) is 0. The largest absolute Gasteiger partial charge is 0.384 e. The molecule has 152 valence electrons. The molecule has 0 spiro atoms. The van der Waals surface area contributed by atoms with Crippen LogP contribution >= 0.6 is 11.6 Å². The van der Waals surface area contributed by atoms with Crippen LogP contribution in [0.4, 0.5) is 14.5 Å². The third-order valence-corrected chi connectivity index (χ3v) is 5.36. The fraction of sp³-hybridized carbons (Fsp3) is 0.333. The molecule has 1 saturated heterocycles. The summed E-state index contributed by atoms with van der Waals surface area (Å²) in [6, 6.07) is 10.7.